The number of para-hydroxylation sites is 1. The van der Waals surface area contributed by atoms with Gasteiger partial charge in [-0.25, -0.2) is 4.98 Å². The summed E-state index contributed by atoms with van der Waals surface area (Å²) in [5, 5.41) is 6.85. The van der Waals surface area contributed by atoms with E-state index in [0.29, 0.717) is 11.0 Å². The van der Waals surface area contributed by atoms with Crippen LogP contribution in [0.15, 0.2) is 36.5 Å². The third-order valence-electron chi connectivity index (χ3n) is 2.92. The third kappa shape index (κ3) is 3.45. The molecule has 0 aliphatic rings. The number of hydrogen-bond donors (Lipinski definition) is 2. The van der Waals surface area contributed by atoms with Crippen LogP contribution in [0, 0.1) is 13.8 Å². The van der Waals surface area contributed by atoms with Crippen molar-refractivity contribution in [3.05, 3.63) is 47.7 Å². The van der Waals surface area contributed by atoms with Gasteiger partial charge in [-0.3, -0.25) is 0 Å². The van der Waals surface area contributed by atoms with Gasteiger partial charge in [0.2, 0.25) is 5.88 Å². The normalized spacial score (nSPS) is 9.95. The van der Waals surface area contributed by atoms with Crippen molar-refractivity contribution >= 4 is 28.7 Å². The number of thiocarbonyl (C=S) groups is 1. The minimum Gasteiger partial charge on any atom is -0.481 e. The van der Waals surface area contributed by atoms with Crippen molar-refractivity contribution < 1.29 is 4.74 Å². The zero-order chi connectivity index (χ0) is 14.5. The van der Waals surface area contributed by atoms with Gasteiger partial charge < -0.3 is 15.4 Å². The summed E-state index contributed by atoms with van der Waals surface area (Å²) in [6, 6.07) is 9.77. The Balaban J connectivity index is 2.05. The number of hydrogen-bond acceptors (Lipinski definition) is 3. The minimum atomic E-state index is 0.536. The Labute approximate surface area is 124 Å². The molecule has 1 aromatic carbocycles. The molecule has 0 saturated carbocycles. The Morgan fingerprint density at radius 3 is 2.35 bits per heavy atom. The van der Waals surface area contributed by atoms with Crippen LogP contribution >= 0.6 is 12.2 Å². The van der Waals surface area contributed by atoms with Crippen LogP contribution in [-0.2, 0) is 0 Å². The van der Waals surface area contributed by atoms with Crippen LogP contribution < -0.4 is 15.4 Å². The van der Waals surface area contributed by atoms with E-state index in [-0.39, 0.29) is 0 Å². The molecule has 0 saturated heterocycles. The van der Waals surface area contributed by atoms with Crippen molar-refractivity contribution in [1.82, 2.24) is 4.98 Å². The summed E-state index contributed by atoms with van der Waals surface area (Å²) < 4.78 is 5.01. The highest BCUT2D eigenvalue weighted by atomic mass is 32.1. The highest BCUT2D eigenvalue weighted by Crippen LogP contribution is 2.20. The lowest BCUT2D eigenvalue weighted by molar-refractivity contribution is 0.398. The summed E-state index contributed by atoms with van der Waals surface area (Å²) in [7, 11) is 1.59. The molecule has 5 heteroatoms. The van der Waals surface area contributed by atoms with Crippen LogP contribution in [0.3, 0.4) is 0 Å². The van der Waals surface area contributed by atoms with Gasteiger partial charge in [0, 0.05) is 11.8 Å². The van der Waals surface area contributed by atoms with E-state index in [2.05, 4.69) is 15.6 Å². The van der Waals surface area contributed by atoms with Gasteiger partial charge in [0.05, 0.1) is 19.0 Å². The number of methoxy groups -OCH3 is 1. The van der Waals surface area contributed by atoms with Crippen molar-refractivity contribution in [3.8, 4) is 5.88 Å². The first kappa shape index (κ1) is 14.3. The number of anilines is 2. The van der Waals surface area contributed by atoms with Crippen LogP contribution in [0.25, 0.3) is 0 Å². The maximum atomic E-state index is 5.32. The summed E-state index contributed by atoms with van der Waals surface area (Å²) in [5.41, 5.74) is 4.16. The lowest BCUT2D eigenvalue weighted by Crippen LogP contribution is -2.20. The van der Waals surface area contributed by atoms with E-state index in [1.54, 1.807) is 19.4 Å². The summed E-state index contributed by atoms with van der Waals surface area (Å²) in [5.74, 6) is 0.573. The third-order valence-corrected chi connectivity index (χ3v) is 3.13. The van der Waals surface area contributed by atoms with E-state index in [0.717, 1.165) is 22.5 Å². The van der Waals surface area contributed by atoms with E-state index in [9.17, 15) is 0 Å². The summed E-state index contributed by atoms with van der Waals surface area (Å²) in [6.45, 7) is 4.10. The van der Waals surface area contributed by atoms with Gasteiger partial charge in [0.15, 0.2) is 5.11 Å². The largest absolute Gasteiger partial charge is 0.481 e. The fourth-order valence-corrected chi connectivity index (χ4v) is 2.08. The van der Waals surface area contributed by atoms with Crippen LogP contribution in [0.2, 0.25) is 0 Å². The standard InChI is InChI=1S/C15H17N3OS/c1-10-5-4-6-11(2)14(10)18-15(20)17-12-7-8-13(19-3)16-9-12/h4-9H,1-3H3,(H2,17,18,20). The number of aromatic nitrogens is 1. The monoisotopic (exact) mass is 287 g/mol. The molecule has 0 atom stereocenters. The van der Waals surface area contributed by atoms with Crippen molar-refractivity contribution in [2.45, 2.75) is 13.8 Å². The average Bonchev–Trinajstić information content (AvgIpc) is 2.44. The van der Waals surface area contributed by atoms with Gasteiger partial charge in [-0.2, -0.15) is 0 Å². The quantitative estimate of drug-likeness (QED) is 0.846. The van der Waals surface area contributed by atoms with Gasteiger partial charge >= 0.3 is 0 Å². The summed E-state index contributed by atoms with van der Waals surface area (Å²) >= 11 is 5.32. The number of benzene rings is 1. The van der Waals surface area contributed by atoms with Crippen LogP contribution in [0.4, 0.5) is 11.4 Å². The molecule has 0 aliphatic carbocycles. The number of pyridine rings is 1. The molecule has 4 nitrogen and oxygen atoms in total. The number of ether oxygens (including phenoxy) is 1. The molecule has 1 aromatic heterocycles. The second kappa shape index (κ2) is 6.34. The zero-order valence-corrected chi connectivity index (χ0v) is 12.5. The van der Waals surface area contributed by atoms with E-state index in [1.165, 1.54) is 0 Å². The molecule has 0 spiro atoms. The SMILES string of the molecule is COc1ccc(NC(=S)Nc2c(C)cccc2C)cn1. The molecule has 1 heterocycles. The topological polar surface area (TPSA) is 46.2 Å². The molecule has 0 unspecified atom stereocenters. The molecule has 0 aliphatic heterocycles. The van der Waals surface area contributed by atoms with E-state index >= 15 is 0 Å². The Hall–Kier alpha value is -2.14. The van der Waals surface area contributed by atoms with Crippen LogP contribution in [0.5, 0.6) is 5.88 Å². The van der Waals surface area contributed by atoms with E-state index in [1.807, 2.05) is 38.1 Å². The second-order valence-electron chi connectivity index (χ2n) is 4.44. The average molecular weight is 287 g/mol. The van der Waals surface area contributed by atoms with Crippen LogP contribution in [0.1, 0.15) is 11.1 Å². The molecule has 2 N–H and O–H groups in total. The van der Waals surface area contributed by atoms with Crippen molar-refractivity contribution in [1.29, 1.82) is 0 Å². The van der Waals surface area contributed by atoms with Crippen molar-refractivity contribution in [2.75, 3.05) is 17.7 Å². The molecule has 104 valence electrons. The molecular weight excluding hydrogens is 270 g/mol. The van der Waals surface area contributed by atoms with Gasteiger partial charge in [-0.1, -0.05) is 18.2 Å². The lowest BCUT2D eigenvalue weighted by atomic mass is 10.1. The summed E-state index contributed by atoms with van der Waals surface area (Å²) in [6.07, 6.45) is 1.68. The predicted molar refractivity (Wildman–Crippen MR) is 86.5 cm³/mol. The summed E-state index contributed by atoms with van der Waals surface area (Å²) in [4.78, 5) is 4.12. The Bertz CT molecular complexity index is 591. The number of nitrogens with zero attached hydrogens (tertiary/aromatic N) is 1. The van der Waals surface area contributed by atoms with Gasteiger partial charge in [0.25, 0.3) is 0 Å². The molecule has 0 fully saturated rings. The molecule has 20 heavy (non-hydrogen) atoms. The van der Waals surface area contributed by atoms with Crippen molar-refractivity contribution in [2.24, 2.45) is 0 Å². The van der Waals surface area contributed by atoms with Gasteiger partial charge in [-0.05, 0) is 43.3 Å². The predicted octanol–water partition coefficient (Wildman–Crippen LogP) is 3.52. The maximum Gasteiger partial charge on any atom is 0.213 e. The number of aryl methyl sites for hydroxylation is 2. The minimum absolute atomic E-state index is 0.536. The molecule has 0 bridgehead atoms. The number of rotatable bonds is 3. The zero-order valence-electron chi connectivity index (χ0n) is 11.7. The highest BCUT2D eigenvalue weighted by molar-refractivity contribution is 7.80. The molecular formula is C15H17N3OS. The molecule has 0 radical (unpaired) electrons. The maximum absolute atomic E-state index is 5.32. The van der Waals surface area contributed by atoms with Gasteiger partial charge in [-0.15, -0.1) is 0 Å². The Morgan fingerprint density at radius 2 is 1.80 bits per heavy atom. The van der Waals surface area contributed by atoms with E-state index < -0.39 is 0 Å². The second-order valence-corrected chi connectivity index (χ2v) is 4.84. The fourth-order valence-electron chi connectivity index (χ4n) is 1.86. The fraction of sp³-hybridized carbons (Fsp3) is 0.200. The lowest BCUT2D eigenvalue weighted by Gasteiger charge is -2.14. The Kier molecular flexibility index (Phi) is 4.53. The number of nitrogens with one attached hydrogen (secondary N) is 2. The van der Waals surface area contributed by atoms with Crippen molar-refractivity contribution in [3.63, 3.8) is 0 Å². The smallest absolute Gasteiger partial charge is 0.213 e. The molecule has 2 aromatic rings. The van der Waals surface area contributed by atoms with Crippen LogP contribution in [-0.4, -0.2) is 17.2 Å². The molecule has 0 amide bonds. The van der Waals surface area contributed by atoms with E-state index in [4.69, 9.17) is 17.0 Å². The highest BCUT2D eigenvalue weighted by Gasteiger charge is 2.05. The first-order valence-corrected chi connectivity index (χ1v) is 6.65. The first-order chi connectivity index (χ1) is 9.60. The Morgan fingerprint density at radius 1 is 1.10 bits per heavy atom. The van der Waals surface area contributed by atoms with Gasteiger partial charge in [0.1, 0.15) is 0 Å². The first-order valence-electron chi connectivity index (χ1n) is 6.24. The molecule has 2 rings (SSSR count).